The average Bonchev–Trinajstić information content (AvgIpc) is 4.07. The molecule has 0 aliphatic carbocycles. The molecule has 0 aliphatic heterocycles. The summed E-state index contributed by atoms with van der Waals surface area (Å²) in [4.78, 5) is 70.4. The number of aromatic nitrogens is 8. The molecule has 0 saturated carbocycles. The van der Waals surface area contributed by atoms with E-state index in [9.17, 15) is 45.5 Å². The summed E-state index contributed by atoms with van der Waals surface area (Å²) in [5.74, 6) is -3.90. The Labute approximate surface area is 430 Å². The average molecular weight is 1070 g/mol. The van der Waals surface area contributed by atoms with Gasteiger partial charge in [-0.25, -0.2) is 14.6 Å². The van der Waals surface area contributed by atoms with Gasteiger partial charge in [-0.1, -0.05) is 80.3 Å². The van der Waals surface area contributed by atoms with Crippen LogP contribution in [-0.2, 0) is 69.2 Å². The third-order valence-corrected chi connectivity index (χ3v) is 13.1. The van der Waals surface area contributed by atoms with Crippen LogP contribution >= 0.6 is 0 Å². The van der Waals surface area contributed by atoms with E-state index in [-0.39, 0.29) is 54.2 Å². The fraction of sp³-hybridized carbons (Fsp3) is 0.240. The summed E-state index contributed by atoms with van der Waals surface area (Å²) >= 11 is 0. The van der Waals surface area contributed by atoms with Crippen LogP contribution in [0, 0.1) is 0 Å². The SMILES string of the molecule is C[Si](C)(C)CCOCn1ncc2c(N)ncc(NC(=O)C(=O)N(Cc3ccccc3)Cc3ncccc3C(F)(F)F)c21.Nc1ncc(NC(=O)C(=O)N(Cc2ccccc2)Cc2ncccc2C(F)(F)F)c2[nH]ncc12. The number of carbonyl (C=O) groups excluding carboxylic acids is 4. The van der Waals surface area contributed by atoms with Crippen molar-refractivity contribution >= 4 is 76.5 Å². The number of rotatable bonds is 15. The maximum Gasteiger partial charge on any atom is 0.418 e. The van der Waals surface area contributed by atoms with Crippen LogP contribution in [0.2, 0.25) is 25.7 Å². The molecular weight excluding hydrogens is 1020 g/mol. The van der Waals surface area contributed by atoms with Gasteiger partial charge in [0.05, 0.1) is 93.6 Å². The van der Waals surface area contributed by atoms with Gasteiger partial charge < -0.3 is 36.6 Å². The normalized spacial score (nSPS) is 11.7. The molecule has 0 saturated heterocycles. The van der Waals surface area contributed by atoms with Gasteiger partial charge in [0.1, 0.15) is 18.4 Å². The number of nitrogens with one attached hydrogen (secondary N) is 3. The van der Waals surface area contributed by atoms with Gasteiger partial charge in [-0.3, -0.25) is 34.2 Å². The lowest BCUT2D eigenvalue weighted by atomic mass is 10.1. The van der Waals surface area contributed by atoms with Crippen LogP contribution in [0.5, 0.6) is 0 Å². The van der Waals surface area contributed by atoms with E-state index in [1.54, 1.807) is 60.7 Å². The van der Waals surface area contributed by atoms with Crippen molar-refractivity contribution in [3.05, 3.63) is 156 Å². The van der Waals surface area contributed by atoms with Gasteiger partial charge in [-0.05, 0) is 41.4 Å². The maximum atomic E-state index is 13.7. The molecule has 0 spiro atoms. The molecular formula is C50H50F6N14O5Si. The number of fused-ring (bicyclic) bond motifs is 2. The Hall–Kier alpha value is -8.78. The van der Waals surface area contributed by atoms with Gasteiger partial charge >= 0.3 is 36.0 Å². The van der Waals surface area contributed by atoms with E-state index in [1.807, 2.05) is 0 Å². The molecule has 0 radical (unpaired) electrons. The zero-order valence-corrected chi connectivity index (χ0v) is 42.0. The monoisotopic (exact) mass is 1070 g/mol. The Morgan fingerprint density at radius 1 is 0.632 bits per heavy atom. The Bertz CT molecular complexity index is 3340. The van der Waals surface area contributed by atoms with E-state index in [2.05, 4.69) is 65.5 Å². The Kier molecular flexibility index (Phi) is 17.1. The number of hydrogen-bond donors (Lipinski definition) is 5. The van der Waals surface area contributed by atoms with Gasteiger partial charge in [0, 0.05) is 40.2 Å². The second-order valence-electron chi connectivity index (χ2n) is 18.2. The molecule has 0 atom stereocenters. The Balaban J connectivity index is 0.000000226. The van der Waals surface area contributed by atoms with E-state index in [0.717, 1.165) is 34.0 Å². The number of halogens is 6. The minimum absolute atomic E-state index is 0.0777. The predicted octanol–water partition coefficient (Wildman–Crippen LogP) is 8.03. The molecule has 76 heavy (non-hydrogen) atoms. The minimum atomic E-state index is -4.69. The summed E-state index contributed by atoms with van der Waals surface area (Å²) in [7, 11) is -1.32. The lowest BCUT2D eigenvalue weighted by Gasteiger charge is -2.23. The lowest BCUT2D eigenvalue weighted by molar-refractivity contribution is -0.145. The van der Waals surface area contributed by atoms with Crippen molar-refractivity contribution in [3.63, 3.8) is 0 Å². The van der Waals surface area contributed by atoms with Crippen LogP contribution < -0.4 is 22.1 Å². The first-order valence-corrected chi connectivity index (χ1v) is 26.8. The topological polar surface area (TPSA) is 258 Å². The van der Waals surface area contributed by atoms with Crippen molar-refractivity contribution in [3.8, 4) is 0 Å². The van der Waals surface area contributed by atoms with Gasteiger partial charge in [0.15, 0.2) is 0 Å². The van der Waals surface area contributed by atoms with Crippen molar-refractivity contribution in [2.45, 2.75) is 70.9 Å². The Morgan fingerprint density at radius 2 is 1.12 bits per heavy atom. The number of ether oxygens (including phenoxy) is 1. The molecule has 0 aliphatic rings. The second-order valence-corrected chi connectivity index (χ2v) is 23.8. The van der Waals surface area contributed by atoms with Crippen LogP contribution in [0.3, 0.4) is 0 Å². The third kappa shape index (κ3) is 14.1. The van der Waals surface area contributed by atoms with Crippen LogP contribution in [0.25, 0.3) is 21.8 Å². The summed E-state index contributed by atoms with van der Waals surface area (Å²) in [6, 6.07) is 22.2. The van der Waals surface area contributed by atoms with Crippen molar-refractivity contribution in [1.29, 1.82) is 0 Å². The van der Waals surface area contributed by atoms with Crippen LogP contribution in [-0.4, -0.2) is 88.0 Å². The van der Waals surface area contributed by atoms with E-state index in [4.69, 9.17) is 16.2 Å². The predicted molar refractivity (Wildman–Crippen MR) is 271 cm³/mol. The van der Waals surface area contributed by atoms with Crippen LogP contribution in [0.15, 0.2) is 122 Å². The molecule has 0 fully saturated rings. The number of benzene rings is 2. The number of nitrogens with two attached hydrogens (primary N) is 2. The van der Waals surface area contributed by atoms with Gasteiger partial charge in [-0.2, -0.15) is 36.5 Å². The lowest BCUT2D eigenvalue weighted by Crippen LogP contribution is -2.39. The number of nitrogens with zero attached hydrogens (tertiary/aromatic N) is 9. The van der Waals surface area contributed by atoms with Crippen molar-refractivity contribution in [1.82, 2.24) is 49.7 Å². The molecule has 0 unspecified atom stereocenters. The smallest absolute Gasteiger partial charge is 0.383 e. The molecule has 2 aromatic carbocycles. The van der Waals surface area contributed by atoms with E-state index in [1.165, 1.54) is 47.9 Å². The molecule has 19 nitrogen and oxygen atoms in total. The zero-order valence-electron chi connectivity index (χ0n) is 41.0. The standard InChI is InChI=1S/C28H32F3N7O3Si.C22H18F3N7O2/c1-42(2,3)13-12-41-18-38-24-20(14-35-38)25(32)34-15-22(24)36-26(39)27(40)37(16-19-8-5-4-6-9-19)17-23-21(28(29,30)31)10-7-11-33-23;23-22(24,25)15-7-4-8-27-17(15)12-32(11-13-5-2-1-3-6-13)21(34)20(33)30-16-10-28-19(26)14-9-29-31-18(14)16/h4-11,14-15H,12-13,16-18H2,1-3H3,(H2,32,34)(H,36,39);1-10H,11-12H2,(H2,26,28)(H,29,31)(H,30,33). The number of pyridine rings is 4. The molecule has 0 bridgehead atoms. The fourth-order valence-electron chi connectivity index (χ4n) is 7.54. The highest BCUT2D eigenvalue weighted by molar-refractivity contribution is 6.76. The summed E-state index contributed by atoms with van der Waals surface area (Å²) in [5.41, 5.74) is 11.4. The quantitative estimate of drug-likeness (QED) is 0.0282. The second kappa shape index (κ2) is 23.6. The largest absolute Gasteiger partial charge is 0.418 e. The third-order valence-electron chi connectivity index (χ3n) is 11.4. The molecule has 6 heterocycles. The summed E-state index contributed by atoms with van der Waals surface area (Å²) < 4.78 is 88.8. The molecule has 26 heteroatoms. The van der Waals surface area contributed by atoms with Gasteiger partial charge in [0.25, 0.3) is 0 Å². The fourth-order valence-corrected chi connectivity index (χ4v) is 8.30. The maximum absolute atomic E-state index is 13.7. The summed E-state index contributed by atoms with van der Waals surface area (Å²) in [6.45, 7) is 5.99. The summed E-state index contributed by atoms with van der Waals surface area (Å²) in [5, 5.41) is 16.7. The molecule has 6 aromatic heterocycles. The van der Waals surface area contributed by atoms with Crippen molar-refractivity contribution in [2.24, 2.45) is 0 Å². The van der Waals surface area contributed by atoms with Crippen LogP contribution in [0.1, 0.15) is 33.6 Å². The van der Waals surface area contributed by atoms with Crippen molar-refractivity contribution in [2.75, 3.05) is 28.7 Å². The van der Waals surface area contributed by atoms with Crippen LogP contribution in [0.4, 0.5) is 49.4 Å². The number of amides is 4. The number of anilines is 4. The van der Waals surface area contributed by atoms with Gasteiger partial charge in [0.2, 0.25) is 0 Å². The highest BCUT2D eigenvalue weighted by Gasteiger charge is 2.37. The first-order valence-electron chi connectivity index (χ1n) is 23.1. The van der Waals surface area contributed by atoms with E-state index >= 15 is 0 Å². The number of carbonyl (C=O) groups is 4. The summed E-state index contributed by atoms with van der Waals surface area (Å²) in [6.07, 6.45) is -1.51. The molecule has 7 N–H and O–H groups in total. The number of hydrogen-bond acceptors (Lipinski definition) is 13. The molecule has 4 amide bonds. The van der Waals surface area contributed by atoms with Crippen molar-refractivity contribution < 1.29 is 50.3 Å². The molecule has 396 valence electrons. The molecule has 8 rings (SSSR count). The van der Waals surface area contributed by atoms with E-state index in [0.29, 0.717) is 39.5 Å². The minimum Gasteiger partial charge on any atom is -0.383 e. The number of H-pyrrole nitrogens is 1. The number of alkyl halides is 6. The van der Waals surface area contributed by atoms with E-state index < -0.39 is 68.3 Å². The zero-order chi connectivity index (χ0) is 54.8. The number of aromatic amines is 1. The first-order chi connectivity index (χ1) is 36.1. The highest BCUT2D eigenvalue weighted by atomic mass is 28.3. The Morgan fingerprint density at radius 3 is 1.62 bits per heavy atom. The molecule has 8 aromatic rings. The highest BCUT2D eigenvalue weighted by Crippen LogP contribution is 2.34. The van der Waals surface area contributed by atoms with Gasteiger partial charge in [-0.15, -0.1) is 0 Å². The first kappa shape index (κ1) is 55.0. The number of nitrogen functional groups attached to an aromatic ring is 2.